The second-order valence-corrected chi connectivity index (χ2v) is 6.89. The summed E-state index contributed by atoms with van der Waals surface area (Å²) >= 11 is 0. The van der Waals surface area contributed by atoms with Crippen molar-refractivity contribution in [1.82, 2.24) is 4.57 Å². The zero-order chi connectivity index (χ0) is 7.61. The van der Waals surface area contributed by atoms with Gasteiger partial charge in [0.1, 0.15) is 0 Å². The molecule has 0 unspecified atom stereocenters. The van der Waals surface area contributed by atoms with E-state index >= 15 is 0 Å². The van der Waals surface area contributed by atoms with E-state index in [0.717, 1.165) is 19.9 Å². The van der Waals surface area contributed by atoms with E-state index in [2.05, 4.69) is 17.7 Å². The minimum atomic E-state index is -1.54. The smallest absolute Gasteiger partial charge is 0.266 e. The molecule has 0 N–H and O–H groups in total. The Morgan fingerprint density at radius 3 is 2.60 bits per heavy atom. The van der Waals surface area contributed by atoms with E-state index in [1.165, 1.54) is 0 Å². The first kappa shape index (κ1) is 8.20. The highest BCUT2D eigenvalue weighted by Crippen LogP contribution is 2.13. The summed E-state index contributed by atoms with van der Waals surface area (Å²) in [6, 6.07) is 0. The van der Waals surface area contributed by atoms with Gasteiger partial charge in [0.25, 0.3) is 8.48 Å². The van der Waals surface area contributed by atoms with E-state index in [0.29, 0.717) is 0 Å². The second kappa shape index (κ2) is 3.00. The van der Waals surface area contributed by atoms with Crippen molar-refractivity contribution in [2.24, 2.45) is 0 Å². The molecule has 0 aromatic rings. The van der Waals surface area contributed by atoms with Crippen LogP contribution in [0.1, 0.15) is 0 Å². The molecule has 0 atom stereocenters. The van der Waals surface area contributed by atoms with Gasteiger partial charge in [-0.3, -0.25) is 4.57 Å². The van der Waals surface area contributed by atoms with Crippen LogP contribution in [0, 0.1) is 0 Å². The molecule has 1 fully saturated rings. The van der Waals surface area contributed by atoms with Gasteiger partial charge in [-0.25, -0.2) is 0 Å². The molecule has 1 aliphatic heterocycles. The van der Waals surface area contributed by atoms with Crippen LogP contribution >= 0.6 is 0 Å². The Kier molecular flexibility index (Phi) is 2.46. The summed E-state index contributed by atoms with van der Waals surface area (Å²) in [6.07, 6.45) is 0. The van der Waals surface area contributed by atoms with Crippen LogP contribution in [0.25, 0.3) is 0 Å². The Morgan fingerprint density at radius 1 is 1.50 bits per heavy atom. The maximum Gasteiger partial charge on any atom is 0.266 e. The predicted octanol–water partition coefficient (Wildman–Crippen LogP) is 0.624. The molecule has 1 rings (SSSR count). The molecule has 1 heterocycles. The van der Waals surface area contributed by atoms with Crippen molar-refractivity contribution in [1.29, 1.82) is 0 Å². The third kappa shape index (κ3) is 1.57. The molecule has 60 valence electrons. The van der Waals surface area contributed by atoms with Crippen molar-refractivity contribution in [3.8, 4) is 0 Å². The zero-order valence-electron chi connectivity index (χ0n) is 6.89. The van der Waals surface area contributed by atoms with Gasteiger partial charge in [0, 0.05) is 13.7 Å². The van der Waals surface area contributed by atoms with Gasteiger partial charge in [-0.1, -0.05) is 0 Å². The highest BCUT2D eigenvalue weighted by molar-refractivity contribution is 6.68. The van der Waals surface area contributed by atoms with Crippen LogP contribution in [0.3, 0.4) is 0 Å². The van der Waals surface area contributed by atoms with Gasteiger partial charge in [-0.15, -0.1) is 0 Å². The summed E-state index contributed by atoms with van der Waals surface area (Å²) < 4.78 is 12.9. The lowest BCUT2D eigenvalue weighted by Gasteiger charge is -2.29. The van der Waals surface area contributed by atoms with Crippen molar-refractivity contribution in [3.05, 3.63) is 0 Å². The average Bonchev–Trinajstić information content (AvgIpc) is 2.38. The molecule has 0 bridgehead atoms. The zero-order valence-corrected chi connectivity index (χ0v) is 7.89. The Morgan fingerprint density at radius 2 is 2.20 bits per heavy atom. The van der Waals surface area contributed by atoms with Gasteiger partial charge in [0.15, 0.2) is 0 Å². The van der Waals surface area contributed by atoms with E-state index in [1.54, 1.807) is 7.11 Å². The van der Waals surface area contributed by atoms with Crippen LogP contribution in [0.15, 0.2) is 0 Å². The quantitative estimate of drug-likeness (QED) is 0.554. The highest BCUT2D eigenvalue weighted by Gasteiger charge is 2.32. The molecule has 0 amide bonds. The summed E-state index contributed by atoms with van der Waals surface area (Å²) in [5.41, 5.74) is 0. The number of hydrogen-bond acceptors (Lipinski definition) is 3. The highest BCUT2D eigenvalue weighted by atomic mass is 28.4. The molecule has 0 aromatic heterocycles. The first-order valence-corrected chi connectivity index (χ1v) is 6.40. The maximum atomic E-state index is 5.41. The fraction of sp³-hybridized carbons (Fsp3) is 1.00. The van der Waals surface area contributed by atoms with E-state index in [9.17, 15) is 0 Å². The third-order valence-corrected chi connectivity index (χ3v) is 4.89. The van der Waals surface area contributed by atoms with Crippen LogP contribution in [-0.4, -0.2) is 40.0 Å². The van der Waals surface area contributed by atoms with Crippen LogP contribution in [0.5, 0.6) is 0 Å². The van der Waals surface area contributed by atoms with Gasteiger partial charge in [0.2, 0.25) is 0 Å². The molecule has 1 saturated heterocycles. The molecule has 4 heteroatoms. The Labute approximate surface area is 63.1 Å². The summed E-state index contributed by atoms with van der Waals surface area (Å²) in [6.45, 7) is 7.02. The van der Waals surface area contributed by atoms with Crippen molar-refractivity contribution in [2.75, 3.05) is 27.0 Å². The van der Waals surface area contributed by atoms with E-state index < -0.39 is 8.48 Å². The van der Waals surface area contributed by atoms with E-state index in [-0.39, 0.29) is 0 Å². The third-order valence-electron chi connectivity index (χ3n) is 2.01. The number of ether oxygens (including phenoxy) is 1. The van der Waals surface area contributed by atoms with E-state index in [1.807, 2.05) is 0 Å². The Bertz CT molecular complexity index is 112. The summed E-state index contributed by atoms with van der Waals surface area (Å²) in [5.74, 6) is 0. The fourth-order valence-corrected chi connectivity index (χ4v) is 2.26. The first-order chi connectivity index (χ1) is 4.67. The number of nitrogens with zero attached hydrogens (tertiary/aromatic N) is 1. The molecule has 3 nitrogen and oxygen atoms in total. The van der Waals surface area contributed by atoms with Gasteiger partial charge >= 0.3 is 0 Å². The van der Waals surface area contributed by atoms with Gasteiger partial charge in [-0.05, 0) is 13.1 Å². The van der Waals surface area contributed by atoms with Crippen molar-refractivity contribution >= 4 is 8.48 Å². The van der Waals surface area contributed by atoms with E-state index in [4.69, 9.17) is 9.16 Å². The molecule has 0 radical (unpaired) electrons. The molecular weight excluding hydrogens is 146 g/mol. The first-order valence-electron chi connectivity index (χ1n) is 3.55. The summed E-state index contributed by atoms with van der Waals surface area (Å²) in [7, 11) is 0.246. The monoisotopic (exact) mass is 161 g/mol. The molecule has 0 aromatic carbocycles. The van der Waals surface area contributed by atoms with Gasteiger partial charge in [-0.2, -0.15) is 0 Å². The molecule has 0 aliphatic carbocycles. The number of rotatable bonds is 2. The van der Waals surface area contributed by atoms with Gasteiger partial charge in [0.05, 0.1) is 13.3 Å². The predicted molar refractivity (Wildman–Crippen MR) is 42.0 cm³/mol. The van der Waals surface area contributed by atoms with Crippen LogP contribution in [0.4, 0.5) is 0 Å². The van der Waals surface area contributed by atoms with Gasteiger partial charge < -0.3 is 9.16 Å². The van der Waals surface area contributed by atoms with Crippen LogP contribution < -0.4 is 0 Å². The molecule has 0 spiro atoms. The molecule has 1 aliphatic rings. The normalized spacial score (nSPS) is 21.9. The summed E-state index contributed by atoms with van der Waals surface area (Å²) in [5, 5.41) is 0. The average molecular weight is 161 g/mol. The maximum absolute atomic E-state index is 5.41. The molecular formula is C6H15NO2Si. The van der Waals surface area contributed by atoms with Crippen molar-refractivity contribution in [3.63, 3.8) is 0 Å². The minimum absolute atomic E-state index is 0.757. The standard InChI is InChI=1S/C6H15NO2Si/c1-8-10(2,3)7-4-5-9-6-7/h4-6H2,1-3H3. The fourth-order valence-electron chi connectivity index (χ4n) is 0.968. The largest absolute Gasteiger partial charge is 0.406 e. The molecule has 10 heavy (non-hydrogen) atoms. The Balaban J connectivity index is 2.45. The molecule has 0 saturated carbocycles. The lowest BCUT2D eigenvalue weighted by molar-refractivity contribution is 0.159. The second-order valence-electron chi connectivity index (χ2n) is 2.95. The lowest BCUT2D eigenvalue weighted by atomic mass is 10.7. The van der Waals surface area contributed by atoms with Crippen molar-refractivity contribution in [2.45, 2.75) is 13.1 Å². The SMILES string of the molecule is CO[Si](C)(C)N1CCOC1. The number of hydrogen-bond donors (Lipinski definition) is 0. The van der Waals surface area contributed by atoms with Crippen molar-refractivity contribution < 1.29 is 9.16 Å². The summed E-state index contributed by atoms with van der Waals surface area (Å²) in [4.78, 5) is 0. The topological polar surface area (TPSA) is 21.7 Å². The Hall–Kier alpha value is 0.0969. The van der Waals surface area contributed by atoms with Crippen LogP contribution in [0.2, 0.25) is 13.1 Å². The minimum Gasteiger partial charge on any atom is -0.406 e. The lowest BCUT2D eigenvalue weighted by Crippen LogP contribution is -2.49. The van der Waals surface area contributed by atoms with Crippen LogP contribution in [-0.2, 0) is 9.16 Å².